The third-order valence-electron chi connectivity index (χ3n) is 3.29. The first-order valence-electron chi connectivity index (χ1n) is 6.93. The average Bonchev–Trinajstić information content (AvgIpc) is 3.20. The van der Waals surface area contributed by atoms with E-state index in [1.165, 1.54) is 0 Å². The molecule has 0 aliphatic rings. The third kappa shape index (κ3) is 2.95. The van der Waals surface area contributed by atoms with Crippen molar-refractivity contribution in [3.63, 3.8) is 0 Å². The number of halogens is 1. The maximum Gasteiger partial charge on any atom is 0.247 e. The number of aromatic nitrogens is 4. The molecule has 5 nitrogen and oxygen atoms in total. The van der Waals surface area contributed by atoms with Gasteiger partial charge < -0.3 is 4.42 Å². The Hall–Kier alpha value is -2.31. The highest BCUT2D eigenvalue weighted by Gasteiger charge is 2.11. The first-order chi connectivity index (χ1) is 11.3. The molecule has 0 atom stereocenters. The normalized spacial score (nSPS) is 11.2. The van der Waals surface area contributed by atoms with Gasteiger partial charge >= 0.3 is 0 Å². The molecule has 0 spiro atoms. The number of thioether (sulfide) groups is 1. The first-order valence-corrected chi connectivity index (χ1v) is 8.29. The highest BCUT2D eigenvalue weighted by Crippen LogP contribution is 2.25. The number of fused-ring (bicyclic) bond motifs is 1. The van der Waals surface area contributed by atoms with E-state index in [1.54, 1.807) is 23.9 Å². The van der Waals surface area contributed by atoms with Crippen molar-refractivity contribution < 1.29 is 4.42 Å². The number of imidazole rings is 1. The molecule has 0 fully saturated rings. The van der Waals surface area contributed by atoms with Gasteiger partial charge in [0.25, 0.3) is 0 Å². The zero-order valence-corrected chi connectivity index (χ0v) is 13.5. The van der Waals surface area contributed by atoms with Crippen molar-refractivity contribution in [2.45, 2.75) is 10.9 Å². The second kappa shape index (κ2) is 6.06. The van der Waals surface area contributed by atoms with Crippen LogP contribution in [0.3, 0.4) is 0 Å². The zero-order valence-electron chi connectivity index (χ0n) is 11.9. The monoisotopic (exact) mass is 342 g/mol. The molecule has 0 aliphatic heterocycles. The quantitative estimate of drug-likeness (QED) is 0.517. The molecule has 0 radical (unpaired) electrons. The number of nitrogens with zero attached hydrogens (tertiary/aromatic N) is 4. The van der Waals surface area contributed by atoms with E-state index < -0.39 is 0 Å². The van der Waals surface area contributed by atoms with E-state index in [0.29, 0.717) is 22.6 Å². The summed E-state index contributed by atoms with van der Waals surface area (Å²) in [6, 6.07) is 13.3. The van der Waals surface area contributed by atoms with Crippen LogP contribution >= 0.6 is 23.4 Å². The molecule has 0 unspecified atom stereocenters. The van der Waals surface area contributed by atoms with Crippen molar-refractivity contribution in [3.05, 3.63) is 65.8 Å². The summed E-state index contributed by atoms with van der Waals surface area (Å²) in [4.78, 5) is 4.41. The molecule has 4 rings (SSSR count). The third-order valence-corrected chi connectivity index (χ3v) is 4.49. The summed E-state index contributed by atoms with van der Waals surface area (Å²) in [6.07, 6.45) is 3.83. The molecule has 0 N–H and O–H groups in total. The van der Waals surface area contributed by atoms with Crippen molar-refractivity contribution in [1.82, 2.24) is 19.6 Å². The largest absolute Gasteiger partial charge is 0.420 e. The molecule has 0 saturated heterocycles. The van der Waals surface area contributed by atoms with Gasteiger partial charge in [0.1, 0.15) is 0 Å². The molecule has 3 heterocycles. The Morgan fingerprint density at radius 1 is 1.09 bits per heavy atom. The maximum atomic E-state index is 5.88. The summed E-state index contributed by atoms with van der Waals surface area (Å²) in [5, 5.41) is 9.74. The van der Waals surface area contributed by atoms with E-state index in [2.05, 4.69) is 15.2 Å². The van der Waals surface area contributed by atoms with Crippen LogP contribution in [-0.2, 0) is 5.75 Å². The summed E-state index contributed by atoms with van der Waals surface area (Å²) < 4.78 is 7.73. The molecule has 7 heteroatoms. The van der Waals surface area contributed by atoms with Crippen LogP contribution in [0.25, 0.3) is 17.0 Å². The van der Waals surface area contributed by atoms with E-state index in [9.17, 15) is 0 Å². The lowest BCUT2D eigenvalue weighted by Crippen LogP contribution is -1.87. The molecular weight excluding hydrogens is 332 g/mol. The van der Waals surface area contributed by atoms with Gasteiger partial charge in [-0.05, 0) is 36.4 Å². The molecule has 1 aromatic carbocycles. The van der Waals surface area contributed by atoms with Crippen LogP contribution < -0.4 is 0 Å². The minimum atomic E-state index is 0.491. The van der Waals surface area contributed by atoms with E-state index in [0.717, 1.165) is 16.2 Å². The number of pyridine rings is 1. The topological polar surface area (TPSA) is 56.2 Å². The van der Waals surface area contributed by atoms with Gasteiger partial charge in [-0.1, -0.05) is 29.4 Å². The first kappa shape index (κ1) is 14.3. The van der Waals surface area contributed by atoms with Crippen molar-refractivity contribution in [2.75, 3.05) is 0 Å². The van der Waals surface area contributed by atoms with Gasteiger partial charge in [0, 0.05) is 16.8 Å². The summed E-state index contributed by atoms with van der Waals surface area (Å²) in [5.41, 5.74) is 1.91. The van der Waals surface area contributed by atoms with Gasteiger partial charge in [0.15, 0.2) is 5.16 Å². The van der Waals surface area contributed by atoms with Crippen molar-refractivity contribution in [2.24, 2.45) is 0 Å². The Morgan fingerprint density at radius 3 is 2.83 bits per heavy atom. The minimum absolute atomic E-state index is 0.491. The van der Waals surface area contributed by atoms with E-state index in [-0.39, 0.29) is 0 Å². The van der Waals surface area contributed by atoms with Gasteiger partial charge in [0.2, 0.25) is 11.8 Å². The Kier molecular flexibility index (Phi) is 3.77. The minimum Gasteiger partial charge on any atom is -0.420 e. The smallest absolute Gasteiger partial charge is 0.247 e. The fraction of sp³-hybridized carbons (Fsp3) is 0.0625. The molecular formula is C16H11ClN4OS. The molecule has 0 saturated carbocycles. The Labute approximate surface area is 141 Å². The van der Waals surface area contributed by atoms with Crippen LogP contribution in [0.1, 0.15) is 5.89 Å². The average molecular weight is 343 g/mol. The zero-order chi connectivity index (χ0) is 15.6. The fourth-order valence-corrected chi connectivity index (χ4v) is 3.10. The predicted octanol–water partition coefficient (Wildman–Crippen LogP) is 4.33. The van der Waals surface area contributed by atoms with Crippen LogP contribution in [0.4, 0.5) is 0 Å². The van der Waals surface area contributed by atoms with E-state index in [4.69, 9.17) is 16.0 Å². The number of rotatable bonds is 4. The highest BCUT2D eigenvalue weighted by atomic mass is 35.5. The molecule has 0 amide bonds. The van der Waals surface area contributed by atoms with Crippen molar-refractivity contribution in [3.8, 4) is 11.5 Å². The summed E-state index contributed by atoms with van der Waals surface area (Å²) in [6.45, 7) is 0. The SMILES string of the molecule is Clc1ccc(-c2nnc(CSc3ncc4ccccn34)o2)cc1. The molecule has 23 heavy (non-hydrogen) atoms. The van der Waals surface area contributed by atoms with Gasteiger partial charge in [-0.15, -0.1) is 10.2 Å². The summed E-state index contributed by atoms with van der Waals surface area (Å²) in [5.74, 6) is 1.62. The predicted molar refractivity (Wildman–Crippen MR) is 89.5 cm³/mol. The van der Waals surface area contributed by atoms with Gasteiger partial charge in [-0.2, -0.15) is 0 Å². The van der Waals surface area contributed by atoms with Crippen LogP contribution in [0.2, 0.25) is 5.02 Å². The second-order valence-corrected chi connectivity index (χ2v) is 6.21. The van der Waals surface area contributed by atoms with Gasteiger partial charge in [0.05, 0.1) is 17.5 Å². The molecule has 0 aliphatic carbocycles. The Bertz CT molecular complexity index is 948. The van der Waals surface area contributed by atoms with Crippen LogP contribution in [0.5, 0.6) is 0 Å². The van der Waals surface area contributed by atoms with Crippen molar-refractivity contribution >= 4 is 28.9 Å². The number of hydrogen-bond acceptors (Lipinski definition) is 5. The lowest BCUT2D eigenvalue weighted by Gasteiger charge is -1.98. The van der Waals surface area contributed by atoms with E-state index in [1.807, 2.05) is 47.1 Å². The van der Waals surface area contributed by atoms with Crippen molar-refractivity contribution in [1.29, 1.82) is 0 Å². The summed E-state index contributed by atoms with van der Waals surface area (Å²) in [7, 11) is 0. The second-order valence-electron chi connectivity index (χ2n) is 4.83. The molecule has 3 aromatic heterocycles. The molecule has 4 aromatic rings. The van der Waals surface area contributed by atoms with E-state index >= 15 is 0 Å². The Balaban J connectivity index is 1.51. The summed E-state index contributed by atoms with van der Waals surface area (Å²) >= 11 is 7.43. The van der Waals surface area contributed by atoms with Gasteiger partial charge in [-0.25, -0.2) is 4.98 Å². The van der Waals surface area contributed by atoms with Crippen LogP contribution in [-0.4, -0.2) is 19.6 Å². The Morgan fingerprint density at radius 2 is 1.96 bits per heavy atom. The van der Waals surface area contributed by atoms with Crippen LogP contribution in [0, 0.1) is 0 Å². The fourth-order valence-electron chi connectivity index (χ4n) is 2.17. The number of benzene rings is 1. The lowest BCUT2D eigenvalue weighted by atomic mass is 10.2. The van der Waals surface area contributed by atoms with Crippen LogP contribution in [0.15, 0.2) is 64.4 Å². The lowest BCUT2D eigenvalue weighted by molar-refractivity contribution is 0.528. The maximum absolute atomic E-state index is 5.88. The molecule has 114 valence electrons. The van der Waals surface area contributed by atoms with Gasteiger partial charge in [-0.3, -0.25) is 4.40 Å². The standard InChI is InChI=1S/C16H11ClN4OS/c17-12-6-4-11(5-7-12)15-20-19-14(22-15)10-23-16-18-9-13-3-1-2-8-21(13)16/h1-9H,10H2. The number of hydrogen-bond donors (Lipinski definition) is 0. The highest BCUT2D eigenvalue weighted by molar-refractivity contribution is 7.98. The molecule has 0 bridgehead atoms.